The van der Waals surface area contributed by atoms with Crippen LogP contribution in [0.15, 0.2) is 22.8 Å². The van der Waals surface area contributed by atoms with E-state index in [0.717, 1.165) is 38.4 Å². The van der Waals surface area contributed by atoms with Crippen LogP contribution in [0.1, 0.15) is 25.5 Å². The topological polar surface area (TPSA) is 63.9 Å². The van der Waals surface area contributed by atoms with Crippen molar-refractivity contribution in [3.63, 3.8) is 0 Å². The summed E-state index contributed by atoms with van der Waals surface area (Å²) < 4.78 is 15.9. The lowest BCUT2D eigenvalue weighted by Gasteiger charge is -2.34. The van der Waals surface area contributed by atoms with Crippen molar-refractivity contribution in [1.29, 1.82) is 0 Å². The van der Waals surface area contributed by atoms with Gasteiger partial charge >= 0.3 is 0 Å². The van der Waals surface area contributed by atoms with Crippen LogP contribution < -0.4 is 5.32 Å². The molecule has 1 fully saturated rings. The lowest BCUT2D eigenvalue weighted by Crippen LogP contribution is -2.40. The van der Waals surface area contributed by atoms with Crippen LogP contribution in [0, 0.1) is 5.41 Å². The van der Waals surface area contributed by atoms with Crippen LogP contribution >= 0.6 is 0 Å². The Hall–Kier alpha value is -0.880. The Morgan fingerprint density at radius 1 is 1.45 bits per heavy atom. The molecule has 2 heterocycles. The lowest BCUT2D eigenvalue weighted by molar-refractivity contribution is 0.0112. The van der Waals surface area contributed by atoms with E-state index in [1.807, 2.05) is 12.1 Å². The summed E-state index contributed by atoms with van der Waals surface area (Å²) in [5, 5.41) is 13.2. The van der Waals surface area contributed by atoms with E-state index in [9.17, 15) is 5.11 Å². The molecule has 1 saturated heterocycles. The van der Waals surface area contributed by atoms with Gasteiger partial charge < -0.3 is 24.3 Å². The van der Waals surface area contributed by atoms with E-state index >= 15 is 0 Å². The molecule has 0 aliphatic carbocycles. The predicted octanol–water partition coefficient (Wildman–Crippen LogP) is 1.56. The van der Waals surface area contributed by atoms with E-state index in [2.05, 4.69) is 12.2 Å². The third-order valence-electron chi connectivity index (χ3n) is 3.77. The zero-order valence-corrected chi connectivity index (χ0v) is 12.1. The van der Waals surface area contributed by atoms with Gasteiger partial charge in [0.05, 0.1) is 19.0 Å². The summed E-state index contributed by atoms with van der Waals surface area (Å²) >= 11 is 0. The summed E-state index contributed by atoms with van der Waals surface area (Å²) in [4.78, 5) is 0. The molecule has 2 N–H and O–H groups in total. The first-order valence-corrected chi connectivity index (χ1v) is 7.25. The number of aliphatic hydroxyl groups excluding tert-OH is 1. The second-order valence-corrected chi connectivity index (χ2v) is 5.80. The Balaban J connectivity index is 1.54. The Morgan fingerprint density at radius 2 is 2.25 bits per heavy atom. The highest BCUT2D eigenvalue weighted by molar-refractivity contribution is 4.96. The molecule has 1 aromatic rings. The fourth-order valence-corrected chi connectivity index (χ4v) is 2.33. The smallest absolute Gasteiger partial charge is 0.129 e. The number of furan rings is 1. The van der Waals surface area contributed by atoms with Gasteiger partial charge in [-0.05, 0) is 30.4 Å². The summed E-state index contributed by atoms with van der Waals surface area (Å²) in [6, 6.07) is 3.68. The second kappa shape index (κ2) is 7.78. The number of hydrogen-bond acceptors (Lipinski definition) is 5. The summed E-state index contributed by atoms with van der Waals surface area (Å²) in [5.74, 6) is 0.778. The quantitative estimate of drug-likeness (QED) is 0.758. The first-order valence-electron chi connectivity index (χ1n) is 7.25. The lowest BCUT2D eigenvalue weighted by atomic mass is 9.82. The van der Waals surface area contributed by atoms with Crippen molar-refractivity contribution >= 4 is 0 Å². The summed E-state index contributed by atoms with van der Waals surface area (Å²) in [6.07, 6.45) is 3.27. The highest BCUT2D eigenvalue weighted by atomic mass is 16.5. The second-order valence-electron chi connectivity index (χ2n) is 5.80. The average Bonchev–Trinajstić information content (AvgIpc) is 2.92. The van der Waals surface area contributed by atoms with Gasteiger partial charge in [-0.2, -0.15) is 0 Å². The number of ether oxygens (including phenoxy) is 2. The van der Waals surface area contributed by atoms with Crippen LogP contribution in [0.25, 0.3) is 0 Å². The van der Waals surface area contributed by atoms with Crippen LogP contribution in [-0.2, 0) is 16.1 Å². The minimum atomic E-state index is -0.492. The van der Waals surface area contributed by atoms with E-state index in [1.165, 1.54) is 0 Å². The maximum atomic E-state index is 9.85. The Morgan fingerprint density at radius 3 is 2.95 bits per heavy atom. The molecule has 1 aromatic heterocycles. The van der Waals surface area contributed by atoms with Gasteiger partial charge in [0.25, 0.3) is 0 Å². The molecule has 1 aliphatic rings. The van der Waals surface area contributed by atoms with Gasteiger partial charge in [-0.15, -0.1) is 0 Å². The summed E-state index contributed by atoms with van der Waals surface area (Å²) in [6.45, 7) is 6.12. The molecule has 1 unspecified atom stereocenters. The molecule has 5 heteroatoms. The fraction of sp³-hybridized carbons (Fsp3) is 0.733. The minimum absolute atomic E-state index is 0.285. The molecule has 0 radical (unpaired) electrons. The average molecular weight is 283 g/mol. The van der Waals surface area contributed by atoms with E-state index in [0.29, 0.717) is 19.8 Å². The molecule has 114 valence electrons. The molecule has 20 heavy (non-hydrogen) atoms. The van der Waals surface area contributed by atoms with Crippen LogP contribution in [0.5, 0.6) is 0 Å². The van der Waals surface area contributed by atoms with Gasteiger partial charge in [0.2, 0.25) is 0 Å². The van der Waals surface area contributed by atoms with E-state index in [4.69, 9.17) is 13.9 Å². The third kappa shape index (κ3) is 5.25. The SMILES string of the molecule is CC1(CNCC(O)COCc2ccco2)CCOCC1. The zero-order chi connectivity index (χ0) is 14.3. The fourth-order valence-electron chi connectivity index (χ4n) is 2.33. The van der Waals surface area contributed by atoms with Gasteiger partial charge in [0.1, 0.15) is 12.4 Å². The molecule has 1 atom stereocenters. The van der Waals surface area contributed by atoms with Crippen LogP contribution in [0.3, 0.4) is 0 Å². The number of hydrogen-bond donors (Lipinski definition) is 2. The van der Waals surface area contributed by atoms with Gasteiger partial charge in [0, 0.05) is 26.3 Å². The standard InChI is InChI=1S/C15H25NO4/c1-15(4-7-18-8-5-15)12-16-9-13(17)10-19-11-14-3-2-6-20-14/h2-3,6,13,16-17H,4-5,7-12H2,1H3. The largest absolute Gasteiger partial charge is 0.467 e. The first kappa shape index (κ1) is 15.5. The Labute approximate surface area is 120 Å². The summed E-state index contributed by atoms with van der Waals surface area (Å²) in [5.41, 5.74) is 0.285. The van der Waals surface area contributed by atoms with Crippen molar-refractivity contribution in [2.45, 2.75) is 32.5 Å². The molecule has 0 aromatic carbocycles. The van der Waals surface area contributed by atoms with Crippen LogP contribution in [0.2, 0.25) is 0 Å². The van der Waals surface area contributed by atoms with Crippen LogP contribution in [0.4, 0.5) is 0 Å². The molecule has 5 nitrogen and oxygen atoms in total. The number of nitrogens with one attached hydrogen (secondary N) is 1. The predicted molar refractivity (Wildman–Crippen MR) is 75.4 cm³/mol. The van der Waals surface area contributed by atoms with E-state index in [1.54, 1.807) is 6.26 Å². The molecule has 0 bridgehead atoms. The van der Waals surface area contributed by atoms with Gasteiger partial charge in [-0.25, -0.2) is 0 Å². The van der Waals surface area contributed by atoms with Crippen molar-refractivity contribution in [3.05, 3.63) is 24.2 Å². The third-order valence-corrected chi connectivity index (χ3v) is 3.77. The maximum absolute atomic E-state index is 9.85. The zero-order valence-electron chi connectivity index (χ0n) is 12.1. The molecular weight excluding hydrogens is 258 g/mol. The van der Waals surface area contributed by atoms with Crippen LogP contribution in [-0.4, -0.2) is 44.1 Å². The first-order chi connectivity index (χ1) is 9.68. The molecular formula is C15H25NO4. The van der Waals surface area contributed by atoms with E-state index in [-0.39, 0.29) is 5.41 Å². The molecule has 0 saturated carbocycles. The molecule has 0 amide bonds. The molecule has 1 aliphatic heterocycles. The van der Waals surface area contributed by atoms with Crippen molar-refractivity contribution in [2.24, 2.45) is 5.41 Å². The van der Waals surface area contributed by atoms with Crippen molar-refractivity contribution in [2.75, 3.05) is 32.9 Å². The highest BCUT2D eigenvalue weighted by Gasteiger charge is 2.26. The van der Waals surface area contributed by atoms with Crippen molar-refractivity contribution < 1.29 is 19.0 Å². The monoisotopic (exact) mass is 283 g/mol. The Bertz CT molecular complexity index is 360. The van der Waals surface area contributed by atoms with Gasteiger partial charge in [-0.1, -0.05) is 6.92 Å². The van der Waals surface area contributed by atoms with E-state index < -0.39 is 6.10 Å². The highest BCUT2D eigenvalue weighted by Crippen LogP contribution is 2.28. The number of aliphatic hydroxyl groups is 1. The van der Waals surface area contributed by atoms with Gasteiger partial charge in [0.15, 0.2) is 0 Å². The van der Waals surface area contributed by atoms with Gasteiger partial charge in [-0.3, -0.25) is 0 Å². The summed E-state index contributed by atoms with van der Waals surface area (Å²) in [7, 11) is 0. The minimum Gasteiger partial charge on any atom is -0.467 e. The Kier molecular flexibility index (Phi) is 6.04. The number of rotatable bonds is 8. The molecule has 2 rings (SSSR count). The molecule has 0 spiro atoms. The van der Waals surface area contributed by atoms with Crippen molar-refractivity contribution in [3.8, 4) is 0 Å². The normalized spacial score (nSPS) is 19.9. The van der Waals surface area contributed by atoms with Crippen molar-refractivity contribution in [1.82, 2.24) is 5.32 Å². The maximum Gasteiger partial charge on any atom is 0.129 e.